The maximum Gasteiger partial charge on any atom is 0.251 e. The lowest BCUT2D eigenvalue weighted by Gasteiger charge is -2.10. The van der Waals surface area contributed by atoms with Crippen LogP contribution in [-0.4, -0.2) is 34.8 Å². The van der Waals surface area contributed by atoms with Gasteiger partial charge in [0, 0.05) is 11.1 Å². The summed E-state index contributed by atoms with van der Waals surface area (Å²) in [5.74, 6) is 2.82. The maximum atomic E-state index is 12.4. The van der Waals surface area contributed by atoms with Crippen LogP contribution in [-0.2, 0) is 6.54 Å². The number of rotatable bonds is 8. The van der Waals surface area contributed by atoms with Gasteiger partial charge in [0.05, 0.1) is 20.3 Å². The number of H-pyrrole nitrogens is 1. The Morgan fingerprint density at radius 3 is 2.64 bits per heavy atom. The highest BCUT2D eigenvalue weighted by molar-refractivity contribution is 5.94. The maximum absolute atomic E-state index is 12.4. The summed E-state index contributed by atoms with van der Waals surface area (Å²) >= 11 is 0. The Morgan fingerprint density at radius 1 is 1.14 bits per heavy atom. The zero-order valence-electron chi connectivity index (χ0n) is 16.2. The van der Waals surface area contributed by atoms with Crippen molar-refractivity contribution in [1.82, 2.24) is 20.5 Å². The molecule has 0 aliphatic heterocycles. The molecule has 28 heavy (non-hydrogen) atoms. The molecule has 0 aliphatic rings. The molecule has 3 aromatic rings. The first-order valence-corrected chi connectivity index (χ1v) is 9.12. The normalized spacial score (nSPS) is 10.7. The summed E-state index contributed by atoms with van der Waals surface area (Å²) < 4.78 is 10.8. The van der Waals surface area contributed by atoms with Crippen molar-refractivity contribution in [3.05, 3.63) is 59.9 Å². The van der Waals surface area contributed by atoms with E-state index in [0.29, 0.717) is 35.5 Å². The molecule has 1 aromatic heterocycles. The number of methoxy groups -OCH3 is 1. The third-order valence-corrected chi connectivity index (χ3v) is 3.98. The molecule has 0 fully saturated rings. The molecule has 2 aromatic carbocycles. The van der Waals surface area contributed by atoms with E-state index in [4.69, 9.17) is 9.47 Å². The Morgan fingerprint density at radius 2 is 1.93 bits per heavy atom. The summed E-state index contributed by atoms with van der Waals surface area (Å²) in [4.78, 5) is 16.8. The number of aromatic nitrogens is 3. The fraction of sp³-hybridized carbons (Fsp3) is 0.286. The summed E-state index contributed by atoms with van der Waals surface area (Å²) in [6, 6.07) is 14.6. The summed E-state index contributed by atoms with van der Waals surface area (Å²) in [7, 11) is 1.62. The Labute approximate surface area is 164 Å². The van der Waals surface area contributed by atoms with Crippen molar-refractivity contribution in [3.8, 4) is 22.9 Å². The zero-order valence-corrected chi connectivity index (χ0v) is 16.2. The van der Waals surface area contributed by atoms with E-state index in [1.165, 1.54) is 0 Å². The topological polar surface area (TPSA) is 89.1 Å². The van der Waals surface area contributed by atoms with Gasteiger partial charge in [-0.3, -0.25) is 9.89 Å². The van der Waals surface area contributed by atoms with E-state index in [9.17, 15) is 4.79 Å². The highest BCUT2D eigenvalue weighted by Gasteiger charge is 2.10. The second-order valence-corrected chi connectivity index (χ2v) is 6.75. The molecular weight excluding hydrogens is 356 g/mol. The first-order chi connectivity index (χ1) is 13.5. The third kappa shape index (κ3) is 5.09. The molecule has 0 saturated carbocycles. The van der Waals surface area contributed by atoms with Gasteiger partial charge in [0.15, 0.2) is 5.82 Å². The Bertz CT molecular complexity index is 919. The first-order valence-electron chi connectivity index (χ1n) is 9.12. The number of aromatic amines is 1. The predicted molar refractivity (Wildman–Crippen MR) is 106 cm³/mol. The van der Waals surface area contributed by atoms with Gasteiger partial charge in [0.25, 0.3) is 5.91 Å². The fourth-order valence-electron chi connectivity index (χ4n) is 2.50. The number of ether oxygens (including phenoxy) is 2. The van der Waals surface area contributed by atoms with Gasteiger partial charge in [-0.05, 0) is 48.4 Å². The molecule has 1 heterocycles. The number of carbonyl (C=O) groups is 1. The van der Waals surface area contributed by atoms with Crippen LogP contribution in [0.4, 0.5) is 0 Å². The Kier molecular flexibility index (Phi) is 6.26. The Hall–Kier alpha value is -3.35. The van der Waals surface area contributed by atoms with Crippen LogP contribution in [0.25, 0.3) is 11.4 Å². The minimum atomic E-state index is -0.197. The highest BCUT2D eigenvalue weighted by atomic mass is 16.5. The largest absolute Gasteiger partial charge is 0.497 e. The molecule has 3 rings (SSSR count). The molecule has 0 radical (unpaired) electrons. The number of nitrogens with one attached hydrogen (secondary N) is 2. The molecular formula is C21H24N4O3. The molecule has 0 spiro atoms. The minimum Gasteiger partial charge on any atom is -0.497 e. The van der Waals surface area contributed by atoms with Gasteiger partial charge in [0.2, 0.25) is 0 Å². The predicted octanol–water partition coefficient (Wildman–Crippen LogP) is 3.45. The number of hydrogen-bond donors (Lipinski definition) is 2. The molecule has 0 unspecified atom stereocenters. The van der Waals surface area contributed by atoms with Crippen LogP contribution in [0, 0.1) is 5.92 Å². The molecule has 0 aliphatic carbocycles. The quantitative estimate of drug-likeness (QED) is 0.625. The first kappa shape index (κ1) is 19.4. The molecule has 146 valence electrons. The van der Waals surface area contributed by atoms with Crippen molar-refractivity contribution in [2.24, 2.45) is 5.92 Å². The van der Waals surface area contributed by atoms with Crippen molar-refractivity contribution >= 4 is 5.91 Å². The van der Waals surface area contributed by atoms with E-state index in [-0.39, 0.29) is 12.5 Å². The van der Waals surface area contributed by atoms with Gasteiger partial charge in [-0.25, -0.2) is 4.98 Å². The fourth-order valence-corrected chi connectivity index (χ4v) is 2.50. The average molecular weight is 380 g/mol. The second-order valence-electron chi connectivity index (χ2n) is 6.75. The van der Waals surface area contributed by atoms with Crippen molar-refractivity contribution in [2.45, 2.75) is 20.4 Å². The monoisotopic (exact) mass is 380 g/mol. The van der Waals surface area contributed by atoms with Crippen molar-refractivity contribution in [2.75, 3.05) is 13.7 Å². The van der Waals surface area contributed by atoms with Gasteiger partial charge < -0.3 is 14.8 Å². The molecule has 2 N–H and O–H groups in total. The van der Waals surface area contributed by atoms with Crippen molar-refractivity contribution in [1.29, 1.82) is 0 Å². The van der Waals surface area contributed by atoms with Crippen molar-refractivity contribution < 1.29 is 14.3 Å². The molecule has 7 heteroatoms. The number of hydrogen-bond acceptors (Lipinski definition) is 5. The molecule has 0 bridgehead atoms. The SMILES string of the molecule is COc1ccc(-c2n[nH]c(CNC(=O)c3cccc(OCC(C)C)c3)n2)cc1. The summed E-state index contributed by atoms with van der Waals surface area (Å²) in [6.07, 6.45) is 0. The summed E-state index contributed by atoms with van der Waals surface area (Å²) in [5.41, 5.74) is 1.40. The van der Waals surface area contributed by atoms with Crippen LogP contribution in [0.15, 0.2) is 48.5 Å². The molecule has 0 atom stereocenters. The van der Waals surface area contributed by atoms with Crippen LogP contribution < -0.4 is 14.8 Å². The van der Waals surface area contributed by atoms with Gasteiger partial charge >= 0.3 is 0 Å². The van der Waals surface area contributed by atoms with Crippen LogP contribution in [0.2, 0.25) is 0 Å². The lowest BCUT2D eigenvalue weighted by atomic mass is 10.2. The third-order valence-electron chi connectivity index (χ3n) is 3.98. The van der Waals surface area contributed by atoms with E-state index in [1.807, 2.05) is 30.3 Å². The lowest BCUT2D eigenvalue weighted by Crippen LogP contribution is -2.23. The minimum absolute atomic E-state index is 0.197. The highest BCUT2D eigenvalue weighted by Crippen LogP contribution is 2.19. The Balaban J connectivity index is 1.59. The van der Waals surface area contributed by atoms with Crippen LogP contribution >= 0.6 is 0 Å². The zero-order chi connectivity index (χ0) is 19.9. The van der Waals surface area contributed by atoms with Crippen LogP contribution in [0.5, 0.6) is 11.5 Å². The van der Waals surface area contributed by atoms with E-state index >= 15 is 0 Å². The van der Waals surface area contributed by atoms with Crippen LogP contribution in [0.1, 0.15) is 30.0 Å². The van der Waals surface area contributed by atoms with Crippen molar-refractivity contribution in [3.63, 3.8) is 0 Å². The van der Waals surface area contributed by atoms with Gasteiger partial charge in [-0.1, -0.05) is 19.9 Å². The molecule has 7 nitrogen and oxygen atoms in total. The van der Waals surface area contributed by atoms with E-state index in [0.717, 1.165) is 11.3 Å². The van der Waals surface area contributed by atoms with Gasteiger partial charge in [0.1, 0.15) is 17.3 Å². The summed E-state index contributed by atoms with van der Waals surface area (Å²) in [6.45, 7) is 5.01. The second kappa shape index (κ2) is 9.03. The number of benzene rings is 2. The van der Waals surface area contributed by atoms with E-state index in [2.05, 4.69) is 34.3 Å². The average Bonchev–Trinajstić information content (AvgIpc) is 3.20. The van der Waals surface area contributed by atoms with Crippen LogP contribution in [0.3, 0.4) is 0 Å². The smallest absolute Gasteiger partial charge is 0.251 e. The van der Waals surface area contributed by atoms with E-state index < -0.39 is 0 Å². The molecule has 1 amide bonds. The number of amides is 1. The van der Waals surface area contributed by atoms with E-state index in [1.54, 1.807) is 25.3 Å². The standard InChI is InChI=1S/C21H24N4O3/c1-14(2)13-28-18-6-4-5-16(11-18)21(26)22-12-19-23-20(25-24-19)15-7-9-17(27-3)10-8-15/h4-11,14H,12-13H2,1-3H3,(H,22,26)(H,23,24,25). The van der Waals surface area contributed by atoms with Gasteiger partial charge in [-0.2, -0.15) is 5.10 Å². The summed E-state index contributed by atoms with van der Waals surface area (Å²) in [5, 5.41) is 9.89. The lowest BCUT2D eigenvalue weighted by molar-refractivity contribution is 0.0949. The number of nitrogens with zero attached hydrogens (tertiary/aromatic N) is 2. The molecule has 0 saturated heterocycles. The number of carbonyl (C=O) groups excluding carboxylic acids is 1. The van der Waals surface area contributed by atoms with Gasteiger partial charge in [-0.15, -0.1) is 0 Å².